The van der Waals surface area contributed by atoms with Gasteiger partial charge in [-0.25, -0.2) is 17.2 Å². The molecular formula is C17H20F2N2O2S. The Morgan fingerprint density at radius 2 is 1.71 bits per heavy atom. The Hall–Kier alpha value is -2.15. The predicted molar refractivity (Wildman–Crippen MR) is 91.9 cm³/mol. The normalized spacial score (nSPS) is 11.4. The van der Waals surface area contributed by atoms with Gasteiger partial charge in [0.05, 0.1) is 5.69 Å². The van der Waals surface area contributed by atoms with Crippen LogP contribution in [0, 0.1) is 18.6 Å². The summed E-state index contributed by atoms with van der Waals surface area (Å²) >= 11 is 0. The smallest absolute Gasteiger partial charge is 0.264 e. The van der Waals surface area contributed by atoms with Crippen molar-refractivity contribution in [3.8, 4) is 0 Å². The van der Waals surface area contributed by atoms with E-state index >= 15 is 0 Å². The van der Waals surface area contributed by atoms with E-state index in [1.54, 1.807) is 19.1 Å². The second-order valence-electron chi connectivity index (χ2n) is 5.35. The van der Waals surface area contributed by atoms with Crippen LogP contribution in [0.4, 0.5) is 20.2 Å². The van der Waals surface area contributed by atoms with Crippen LogP contribution < -0.4 is 9.62 Å². The highest BCUT2D eigenvalue weighted by Gasteiger charge is 2.20. The Bertz CT molecular complexity index is 834. The molecular weight excluding hydrogens is 334 g/mol. The van der Waals surface area contributed by atoms with E-state index in [1.165, 1.54) is 0 Å². The van der Waals surface area contributed by atoms with Crippen molar-refractivity contribution in [2.75, 3.05) is 22.7 Å². The van der Waals surface area contributed by atoms with Gasteiger partial charge in [0, 0.05) is 24.8 Å². The highest BCUT2D eigenvalue weighted by Crippen LogP contribution is 2.26. The van der Waals surface area contributed by atoms with E-state index < -0.39 is 26.6 Å². The number of benzene rings is 2. The minimum absolute atomic E-state index is 0.356. The average Bonchev–Trinajstić information content (AvgIpc) is 2.50. The van der Waals surface area contributed by atoms with Crippen molar-refractivity contribution < 1.29 is 17.2 Å². The Kier molecular flexibility index (Phi) is 5.43. The highest BCUT2D eigenvalue weighted by atomic mass is 32.2. The summed E-state index contributed by atoms with van der Waals surface area (Å²) in [5, 5.41) is 0. The van der Waals surface area contributed by atoms with E-state index in [1.807, 2.05) is 19.9 Å². The third-order valence-corrected chi connectivity index (χ3v) is 5.17. The highest BCUT2D eigenvalue weighted by molar-refractivity contribution is 7.92. The van der Waals surface area contributed by atoms with E-state index in [0.29, 0.717) is 17.3 Å². The summed E-state index contributed by atoms with van der Waals surface area (Å²) in [7, 11) is -4.13. The van der Waals surface area contributed by atoms with E-state index in [9.17, 15) is 17.2 Å². The van der Waals surface area contributed by atoms with Crippen LogP contribution in [0.3, 0.4) is 0 Å². The van der Waals surface area contributed by atoms with E-state index in [4.69, 9.17) is 0 Å². The molecule has 0 fully saturated rings. The first-order valence-corrected chi connectivity index (χ1v) is 9.10. The molecule has 0 aliphatic heterocycles. The van der Waals surface area contributed by atoms with Crippen LogP contribution in [-0.2, 0) is 10.0 Å². The van der Waals surface area contributed by atoms with E-state index in [-0.39, 0.29) is 0 Å². The fraction of sp³-hybridized carbons (Fsp3) is 0.294. The lowest BCUT2D eigenvalue weighted by atomic mass is 10.1. The monoisotopic (exact) mass is 354 g/mol. The van der Waals surface area contributed by atoms with Gasteiger partial charge in [-0.15, -0.1) is 0 Å². The molecule has 0 saturated carbocycles. The zero-order chi connectivity index (χ0) is 17.9. The summed E-state index contributed by atoms with van der Waals surface area (Å²) in [4.78, 5) is 1.54. The molecule has 0 amide bonds. The van der Waals surface area contributed by atoms with Crippen molar-refractivity contribution in [1.29, 1.82) is 0 Å². The molecule has 0 atom stereocenters. The van der Waals surface area contributed by atoms with Gasteiger partial charge in [-0.2, -0.15) is 0 Å². The molecule has 0 unspecified atom stereocenters. The fourth-order valence-electron chi connectivity index (χ4n) is 2.44. The van der Waals surface area contributed by atoms with Crippen molar-refractivity contribution in [1.82, 2.24) is 0 Å². The molecule has 2 rings (SSSR count). The average molecular weight is 354 g/mol. The molecule has 0 aliphatic rings. The topological polar surface area (TPSA) is 49.4 Å². The molecule has 130 valence electrons. The van der Waals surface area contributed by atoms with Gasteiger partial charge < -0.3 is 4.90 Å². The Balaban J connectivity index is 2.33. The largest absolute Gasteiger partial charge is 0.372 e. The molecule has 2 aromatic rings. The number of nitrogens with zero attached hydrogens (tertiary/aromatic N) is 1. The van der Waals surface area contributed by atoms with Crippen molar-refractivity contribution in [3.05, 3.63) is 53.6 Å². The summed E-state index contributed by atoms with van der Waals surface area (Å²) in [5.74, 6) is -1.95. The van der Waals surface area contributed by atoms with Crippen LogP contribution in [-0.4, -0.2) is 21.5 Å². The van der Waals surface area contributed by atoms with Crippen LogP contribution in [0.5, 0.6) is 0 Å². The number of anilines is 2. The molecule has 0 bridgehead atoms. The number of hydrogen-bond donors (Lipinski definition) is 1. The maximum absolute atomic E-state index is 13.7. The Morgan fingerprint density at radius 3 is 2.25 bits per heavy atom. The molecule has 0 radical (unpaired) electrons. The van der Waals surface area contributed by atoms with E-state index in [2.05, 4.69) is 9.62 Å². The quantitative estimate of drug-likeness (QED) is 0.855. The minimum Gasteiger partial charge on any atom is -0.372 e. The van der Waals surface area contributed by atoms with Crippen LogP contribution in [0.25, 0.3) is 0 Å². The Morgan fingerprint density at radius 1 is 1.04 bits per heavy atom. The molecule has 24 heavy (non-hydrogen) atoms. The van der Waals surface area contributed by atoms with Crippen molar-refractivity contribution in [3.63, 3.8) is 0 Å². The number of aryl methyl sites for hydroxylation is 1. The standard InChI is InChI=1S/C17H20F2N2O2S/c1-4-21(5-2)14-7-8-16(12(3)10-14)20-24(22,23)17-9-6-13(18)11-15(17)19/h6-11,20H,4-5H2,1-3H3. The molecule has 0 heterocycles. The summed E-state index contributed by atoms with van der Waals surface area (Å²) in [6.07, 6.45) is 0. The van der Waals surface area contributed by atoms with Crippen LogP contribution in [0.1, 0.15) is 19.4 Å². The van der Waals surface area contributed by atoms with Crippen molar-refractivity contribution in [2.24, 2.45) is 0 Å². The molecule has 1 N–H and O–H groups in total. The van der Waals surface area contributed by atoms with Crippen molar-refractivity contribution >= 4 is 21.4 Å². The van der Waals surface area contributed by atoms with Crippen LogP contribution in [0.2, 0.25) is 0 Å². The van der Waals surface area contributed by atoms with Gasteiger partial charge in [-0.05, 0) is 56.7 Å². The summed E-state index contributed by atoms with van der Waals surface area (Å²) in [6.45, 7) is 7.51. The number of rotatable bonds is 6. The molecule has 0 spiro atoms. The third kappa shape index (κ3) is 3.84. The van der Waals surface area contributed by atoms with Gasteiger partial charge in [-0.3, -0.25) is 4.72 Å². The lowest BCUT2D eigenvalue weighted by Gasteiger charge is -2.22. The maximum atomic E-state index is 13.7. The summed E-state index contributed by atoms with van der Waals surface area (Å²) < 4.78 is 53.7. The van der Waals surface area contributed by atoms with Gasteiger partial charge in [0.1, 0.15) is 16.5 Å². The number of nitrogens with one attached hydrogen (secondary N) is 1. The predicted octanol–water partition coefficient (Wildman–Crippen LogP) is 3.92. The lowest BCUT2D eigenvalue weighted by Crippen LogP contribution is -2.22. The minimum atomic E-state index is -4.13. The van der Waals surface area contributed by atoms with Gasteiger partial charge in [0.2, 0.25) is 0 Å². The van der Waals surface area contributed by atoms with Gasteiger partial charge in [-0.1, -0.05) is 0 Å². The number of sulfonamides is 1. The van der Waals surface area contributed by atoms with Gasteiger partial charge in [0.15, 0.2) is 0 Å². The molecule has 4 nitrogen and oxygen atoms in total. The SMILES string of the molecule is CCN(CC)c1ccc(NS(=O)(=O)c2ccc(F)cc2F)c(C)c1. The first kappa shape index (κ1) is 18.2. The summed E-state index contributed by atoms with van der Waals surface area (Å²) in [6, 6.07) is 7.68. The first-order valence-electron chi connectivity index (χ1n) is 7.62. The zero-order valence-corrected chi connectivity index (χ0v) is 14.6. The van der Waals surface area contributed by atoms with Crippen molar-refractivity contribution in [2.45, 2.75) is 25.7 Å². The number of halogens is 2. The molecule has 0 aromatic heterocycles. The molecule has 0 saturated heterocycles. The third-order valence-electron chi connectivity index (χ3n) is 3.77. The zero-order valence-electron chi connectivity index (χ0n) is 13.8. The second kappa shape index (κ2) is 7.17. The maximum Gasteiger partial charge on any atom is 0.264 e. The second-order valence-corrected chi connectivity index (χ2v) is 7.00. The Labute approximate surface area is 141 Å². The number of hydrogen-bond acceptors (Lipinski definition) is 3. The van der Waals surface area contributed by atoms with Gasteiger partial charge >= 0.3 is 0 Å². The summed E-state index contributed by atoms with van der Waals surface area (Å²) in [5.41, 5.74) is 2.05. The first-order chi connectivity index (χ1) is 11.3. The molecule has 0 aliphatic carbocycles. The van der Waals surface area contributed by atoms with Crippen LogP contribution >= 0.6 is 0 Å². The van der Waals surface area contributed by atoms with Gasteiger partial charge in [0.25, 0.3) is 10.0 Å². The fourth-order valence-corrected chi connectivity index (χ4v) is 3.63. The lowest BCUT2D eigenvalue weighted by molar-refractivity contribution is 0.551. The molecule has 7 heteroatoms. The van der Waals surface area contributed by atoms with E-state index in [0.717, 1.165) is 30.9 Å². The molecule has 2 aromatic carbocycles. The van der Waals surface area contributed by atoms with Crippen LogP contribution in [0.15, 0.2) is 41.3 Å².